The van der Waals surface area contributed by atoms with Gasteiger partial charge in [-0.15, -0.1) is 11.6 Å². The minimum atomic E-state index is -0.274. The average Bonchev–Trinajstić information content (AvgIpc) is 2.67. The molecule has 0 aliphatic rings. The van der Waals surface area contributed by atoms with Crippen LogP contribution in [0.4, 0.5) is 0 Å². The molecule has 2 rings (SSSR count). The van der Waals surface area contributed by atoms with E-state index in [4.69, 9.17) is 11.6 Å². The summed E-state index contributed by atoms with van der Waals surface area (Å²) < 4.78 is 1.79. The van der Waals surface area contributed by atoms with E-state index in [0.717, 1.165) is 11.1 Å². The van der Waals surface area contributed by atoms with Crippen LogP contribution in [-0.4, -0.2) is 39.4 Å². The molecular formula is C13H17ClN4O. The highest BCUT2D eigenvalue weighted by Gasteiger charge is 2.18. The van der Waals surface area contributed by atoms with Crippen LogP contribution in [0.15, 0.2) is 12.3 Å². The first-order valence-electron chi connectivity index (χ1n) is 6.07. The lowest BCUT2D eigenvalue weighted by Gasteiger charge is -2.13. The Morgan fingerprint density at radius 2 is 2.21 bits per heavy atom. The summed E-state index contributed by atoms with van der Waals surface area (Å²) in [5.41, 5.74) is 2.50. The van der Waals surface area contributed by atoms with E-state index in [2.05, 4.69) is 9.97 Å². The van der Waals surface area contributed by atoms with Gasteiger partial charge < -0.3 is 9.47 Å². The minimum absolute atomic E-state index is 0.0137. The third kappa shape index (κ3) is 2.71. The fourth-order valence-corrected chi connectivity index (χ4v) is 2.03. The molecule has 0 N–H and O–H groups in total. The van der Waals surface area contributed by atoms with Crippen molar-refractivity contribution >= 4 is 28.7 Å². The van der Waals surface area contributed by atoms with Crippen molar-refractivity contribution < 1.29 is 4.79 Å². The molecule has 102 valence electrons. The highest BCUT2D eigenvalue weighted by molar-refractivity contribution is 6.20. The number of amides is 1. The van der Waals surface area contributed by atoms with E-state index >= 15 is 0 Å². The maximum absolute atomic E-state index is 11.9. The highest BCUT2D eigenvalue weighted by Crippen LogP contribution is 2.23. The smallest absolute Gasteiger partial charge is 0.242 e. The van der Waals surface area contributed by atoms with E-state index in [1.165, 1.54) is 0 Å². The number of pyridine rings is 1. The average molecular weight is 281 g/mol. The fraction of sp³-hybridized carbons (Fsp3) is 0.462. The van der Waals surface area contributed by atoms with Crippen molar-refractivity contribution in [3.63, 3.8) is 0 Å². The molecule has 1 amide bonds. The normalized spacial score (nSPS) is 12.7. The molecule has 0 saturated heterocycles. The van der Waals surface area contributed by atoms with Gasteiger partial charge in [0.25, 0.3) is 0 Å². The molecule has 0 aliphatic carbocycles. The summed E-state index contributed by atoms with van der Waals surface area (Å²) in [6, 6.07) is 1.95. The number of nitrogens with zero attached hydrogens (tertiary/aromatic N) is 4. The summed E-state index contributed by atoms with van der Waals surface area (Å²) in [4.78, 5) is 22.3. The number of halogens is 1. The molecule has 0 bridgehead atoms. The lowest BCUT2D eigenvalue weighted by Crippen LogP contribution is -2.27. The summed E-state index contributed by atoms with van der Waals surface area (Å²) in [5.74, 6) is 0.658. The highest BCUT2D eigenvalue weighted by atomic mass is 35.5. The van der Waals surface area contributed by atoms with Crippen molar-refractivity contribution in [2.45, 2.75) is 25.8 Å². The molecule has 2 aromatic heterocycles. The van der Waals surface area contributed by atoms with Crippen molar-refractivity contribution in [3.8, 4) is 0 Å². The summed E-state index contributed by atoms with van der Waals surface area (Å²) in [7, 11) is 3.45. The van der Waals surface area contributed by atoms with Crippen LogP contribution in [0.2, 0.25) is 0 Å². The van der Waals surface area contributed by atoms with Crippen LogP contribution in [0.25, 0.3) is 11.2 Å². The second-order valence-corrected chi connectivity index (χ2v) is 5.47. The predicted octanol–water partition coefficient (Wildman–Crippen LogP) is 2.13. The number of rotatable bonds is 3. The van der Waals surface area contributed by atoms with Gasteiger partial charge in [-0.25, -0.2) is 9.97 Å². The Morgan fingerprint density at radius 1 is 1.53 bits per heavy atom. The van der Waals surface area contributed by atoms with Crippen LogP contribution in [-0.2, 0) is 11.3 Å². The lowest BCUT2D eigenvalue weighted by atomic mass is 10.3. The van der Waals surface area contributed by atoms with Gasteiger partial charge in [0.05, 0.1) is 5.38 Å². The second-order valence-electron chi connectivity index (χ2n) is 4.82. The van der Waals surface area contributed by atoms with E-state index in [-0.39, 0.29) is 17.8 Å². The molecule has 2 aromatic rings. The Labute approximate surface area is 117 Å². The molecule has 6 heteroatoms. The molecule has 1 unspecified atom stereocenters. The Morgan fingerprint density at radius 3 is 2.79 bits per heavy atom. The van der Waals surface area contributed by atoms with Crippen LogP contribution in [0.5, 0.6) is 0 Å². The molecule has 0 aliphatic heterocycles. The number of alkyl halides is 1. The zero-order valence-corrected chi connectivity index (χ0v) is 12.3. The van der Waals surface area contributed by atoms with E-state index in [9.17, 15) is 4.79 Å². The molecule has 5 nitrogen and oxygen atoms in total. The minimum Gasteiger partial charge on any atom is -0.347 e. The number of carbonyl (C=O) groups is 1. The molecule has 19 heavy (non-hydrogen) atoms. The molecule has 0 spiro atoms. The molecular weight excluding hydrogens is 264 g/mol. The van der Waals surface area contributed by atoms with Crippen molar-refractivity contribution in [3.05, 3.63) is 23.7 Å². The van der Waals surface area contributed by atoms with E-state index in [1.54, 1.807) is 29.8 Å². The second kappa shape index (κ2) is 5.17. The molecule has 1 atom stereocenters. The summed E-state index contributed by atoms with van der Waals surface area (Å²) in [6.07, 6.45) is 1.77. The monoisotopic (exact) mass is 280 g/mol. The van der Waals surface area contributed by atoms with Gasteiger partial charge in [0.2, 0.25) is 5.91 Å². The largest absolute Gasteiger partial charge is 0.347 e. The number of hydrogen-bond acceptors (Lipinski definition) is 3. The third-order valence-corrected chi connectivity index (χ3v) is 3.09. The third-order valence-electron chi connectivity index (χ3n) is 2.90. The number of imidazole rings is 1. The Kier molecular flexibility index (Phi) is 3.75. The number of fused-ring (bicyclic) bond motifs is 1. The van der Waals surface area contributed by atoms with Crippen LogP contribution < -0.4 is 0 Å². The van der Waals surface area contributed by atoms with Gasteiger partial charge in [0, 0.05) is 20.3 Å². The molecule has 0 fully saturated rings. The first-order chi connectivity index (χ1) is 8.90. The number of aromatic nitrogens is 3. The number of carbonyl (C=O) groups excluding carboxylic acids is 1. The van der Waals surface area contributed by atoms with Crippen LogP contribution >= 0.6 is 11.6 Å². The SMILES string of the molecule is Cc1cnc2c(c1)nc(C(C)Cl)n2CC(=O)N(C)C. The lowest BCUT2D eigenvalue weighted by molar-refractivity contribution is -0.129. The number of aryl methyl sites for hydroxylation is 1. The van der Waals surface area contributed by atoms with Gasteiger partial charge in [-0.05, 0) is 25.5 Å². The zero-order valence-electron chi connectivity index (χ0n) is 11.5. The maximum Gasteiger partial charge on any atom is 0.242 e. The number of likely N-dealkylation sites (N-methyl/N-ethyl adjacent to an activating group) is 1. The van der Waals surface area contributed by atoms with E-state index in [0.29, 0.717) is 11.5 Å². The van der Waals surface area contributed by atoms with Crippen molar-refractivity contribution in [2.75, 3.05) is 14.1 Å². The van der Waals surface area contributed by atoms with Gasteiger partial charge in [-0.1, -0.05) is 0 Å². The van der Waals surface area contributed by atoms with Gasteiger partial charge in [0.15, 0.2) is 5.65 Å². The van der Waals surface area contributed by atoms with Crippen molar-refractivity contribution in [2.24, 2.45) is 0 Å². The van der Waals surface area contributed by atoms with Crippen molar-refractivity contribution in [1.82, 2.24) is 19.4 Å². The Balaban J connectivity index is 2.55. The number of hydrogen-bond donors (Lipinski definition) is 0. The summed E-state index contributed by atoms with van der Waals surface area (Å²) in [5, 5.41) is -0.274. The van der Waals surface area contributed by atoms with E-state index in [1.807, 2.05) is 19.9 Å². The van der Waals surface area contributed by atoms with Gasteiger partial charge in [-0.3, -0.25) is 4.79 Å². The Bertz CT molecular complexity index is 618. The standard InChI is InChI=1S/C13H17ClN4O/c1-8-5-10-13(15-6-8)18(7-11(19)17(3)4)12(16-10)9(2)14/h5-6,9H,7H2,1-4H3. The van der Waals surface area contributed by atoms with Crippen LogP contribution in [0, 0.1) is 6.92 Å². The molecule has 0 aromatic carbocycles. The van der Waals surface area contributed by atoms with Gasteiger partial charge in [0.1, 0.15) is 17.9 Å². The van der Waals surface area contributed by atoms with Gasteiger partial charge in [-0.2, -0.15) is 0 Å². The summed E-state index contributed by atoms with van der Waals surface area (Å²) >= 11 is 6.15. The predicted molar refractivity (Wildman–Crippen MR) is 75.2 cm³/mol. The quantitative estimate of drug-likeness (QED) is 0.810. The van der Waals surface area contributed by atoms with Crippen LogP contribution in [0.3, 0.4) is 0 Å². The first-order valence-corrected chi connectivity index (χ1v) is 6.50. The first kappa shape index (κ1) is 13.8. The zero-order chi connectivity index (χ0) is 14.2. The fourth-order valence-electron chi connectivity index (χ4n) is 1.87. The Hall–Kier alpha value is -1.62. The van der Waals surface area contributed by atoms with E-state index < -0.39 is 0 Å². The molecule has 2 heterocycles. The maximum atomic E-state index is 11.9. The van der Waals surface area contributed by atoms with Gasteiger partial charge >= 0.3 is 0 Å². The molecule has 0 radical (unpaired) electrons. The van der Waals surface area contributed by atoms with Crippen molar-refractivity contribution in [1.29, 1.82) is 0 Å². The van der Waals surface area contributed by atoms with Crippen LogP contribution in [0.1, 0.15) is 23.7 Å². The topological polar surface area (TPSA) is 51.0 Å². The summed E-state index contributed by atoms with van der Waals surface area (Å²) in [6.45, 7) is 4.00. The molecule has 0 saturated carbocycles.